The molecule has 0 bridgehead atoms. The molecule has 3 heteroatoms. The van der Waals surface area contributed by atoms with Gasteiger partial charge in [-0.3, -0.25) is 0 Å². The van der Waals surface area contributed by atoms with Gasteiger partial charge in [0.2, 0.25) is 0 Å². The highest BCUT2D eigenvalue weighted by atomic mass is 79.9. The molecular weight excluding hydrogens is 278 g/mol. The van der Waals surface area contributed by atoms with Gasteiger partial charge in [0, 0.05) is 10.5 Å². The summed E-state index contributed by atoms with van der Waals surface area (Å²) in [5.41, 5.74) is 0. The van der Waals surface area contributed by atoms with E-state index in [1.165, 1.54) is 0 Å². The van der Waals surface area contributed by atoms with Gasteiger partial charge in [0.15, 0.2) is 0 Å². The van der Waals surface area contributed by atoms with Crippen LogP contribution in [0.3, 0.4) is 0 Å². The zero-order chi connectivity index (χ0) is 12.7. The van der Waals surface area contributed by atoms with Crippen molar-refractivity contribution in [1.29, 1.82) is 0 Å². The molecule has 0 aliphatic carbocycles. The van der Waals surface area contributed by atoms with Crippen molar-refractivity contribution < 1.29 is 4.74 Å². The largest absolute Gasteiger partial charge is 0.494 e. The minimum Gasteiger partial charge on any atom is -0.494 e. The first-order valence-corrected chi connectivity index (χ1v) is 7.04. The Morgan fingerprint density at radius 3 is 2.41 bits per heavy atom. The summed E-state index contributed by atoms with van der Waals surface area (Å²) >= 11 is 3.41. The maximum absolute atomic E-state index is 5.73. The summed E-state index contributed by atoms with van der Waals surface area (Å²) in [7, 11) is 0. The second kappa shape index (κ2) is 7.72. The minimum atomic E-state index is 0.537. The van der Waals surface area contributed by atoms with E-state index in [2.05, 4.69) is 42.0 Å². The summed E-state index contributed by atoms with van der Waals surface area (Å²) in [4.78, 5) is 0. The van der Waals surface area contributed by atoms with E-state index in [9.17, 15) is 0 Å². The van der Waals surface area contributed by atoms with Crippen molar-refractivity contribution in [3.05, 3.63) is 28.7 Å². The van der Waals surface area contributed by atoms with Crippen molar-refractivity contribution in [3.8, 4) is 5.75 Å². The molecule has 1 unspecified atom stereocenters. The summed E-state index contributed by atoms with van der Waals surface area (Å²) in [6, 6.07) is 8.51. The fourth-order valence-corrected chi connectivity index (χ4v) is 2.03. The summed E-state index contributed by atoms with van der Waals surface area (Å²) in [5.74, 6) is 1.58. The molecule has 0 aliphatic rings. The first-order valence-electron chi connectivity index (χ1n) is 6.25. The number of nitrogens with one attached hydrogen (secondary N) is 1. The van der Waals surface area contributed by atoms with Gasteiger partial charge in [-0.15, -0.1) is 0 Å². The standard InChI is InChI=1S/C14H22BrNO/c1-4-16-14(11(2)3)9-10-17-13-7-5-12(15)6-8-13/h5-8,11,14,16H,4,9-10H2,1-3H3. The van der Waals surface area contributed by atoms with Crippen molar-refractivity contribution >= 4 is 15.9 Å². The predicted octanol–water partition coefficient (Wildman–Crippen LogP) is 3.85. The average Bonchev–Trinajstić information content (AvgIpc) is 2.30. The lowest BCUT2D eigenvalue weighted by Gasteiger charge is -2.21. The molecule has 0 fully saturated rings. The van der Waals surface area contributed by atoms with E-state index in [4.69, 9.17) is 4.74 Å². The first-order chi connectivity index (χ1) is 8.13. The van der Waals surface area contributed by atoms with E-state index in [1.807, 2.05) is 24.3 Å². The molecule has 0 amide bonds. The molecule has 0 spiro atoms. The average molecular weight is 300 g/mol. The maximum Gasteiger partial charge on any atom is 0.119 e. The molecule has 1 atom stereocenters. The van der Waals surface area contributed by atoms with E-state index in [-0.39, 0.29) is 0 Å². The topological polar surface area (TPSA) is 21.3 Å². The number of hydrogen-bond donors (Lipinski definition) is 1. The fourth-order valence-electron chi connectivity index (χ4n) is 1.77. The number of hydrogen-bond acceptors (Lipinski definition) is 2. The van der Waals surface area contributed by atoms with Crippen molar-refractivity contribution in [2.75, 3.05) is 13.2 Å². The lowest BCUT2D eigenvalue weighted by Crippen LogP contribution is -2.35. The third kappa shape index (κ3) is 5.55. The molecule has 1 aromatic rings. The Morgan fingerprint density at radius 1 is 1.24 bits per heavy atom. The molecule has 0 saturated carbocycles. The van der Waals surface area contributed by atoms with E-state index < -0.39 is 0 Å². The van der Waals surface area contributed by atoms with Gasteiger partial charge in [-0.2, -0.15) is 0 Å². The highest BCUT2D eigenvalue weighted by Crippen LogP contribution is 2.16. The van der Waals surface area contributed by atoms with Gasteiger partial charge in [-0.1, -0.05) is 36.7 Å². The SMILES string of the molecule is CCNC(CCOc1ccc(Br)cc1)C(C)C. The van der Waals surface area contributed by atoms with E-state index in [0.29, 0.717) is 12.0 Å². The quantitative estimate of drug-likeness (QED) is 0.826. The zero-order valence-corrected chi connectivity index (χ0v) is 12.5. The van der Waals surface area contributed by atoms with E-state index >= 15 is 0 Å². The van der Waals surface area contributed by atoms with Crippen LogP contribution in [-0.4, -0.2) is 19.2 Å². The Balaban J connectivity index is 2.33. The van der Waals surface area contributed by atoms with Crippen LogP contribution >= 0.6 is 15.9 Å². The third-order valence-corrected chi connectivity index (χ3v) is 3.31. The number of halogens is 1. The molecule has 0 aromatic heterocycles. The predicted molar refractivity (Wildman–Crippen MR) is 76.6 cm³/mol. The van der Waals surface area contributed by atoms with E-state index in [0.717, 1.165) is 29.8 Å². The summed E-state index contributed by atoms with van der Waals surface area (Å²) < 4.78 is 6.81. The molecule has 1 N–H and O–H groups in total. The van der Waals surface area contributed by atoms with Gasteiger partial charge in [-0.25, -0.2) is 0 Å². The van der Waals surface area contributed by atoms with Crippen LogP contribution in [-0.2, 0) is 0 Å². The number of benzene rings is 1. The lowest BCUT2D eigenvalue weighted by atomic mass is 10.0. The van der Waals surface area contributed by atoms with Crippen LogP contribution in [0.2, 0.25) is 0 Å². The summed E-state index contributed by atoms with van der Waals surface area (Å²) in [6.45, 7) is 8.41. The Morgan fingerprint density at radius 2 is 1.88 bits per heavy atom. The van der Waals surface area contributed by atoms with E-state index in [1.54, 1.807) is 0 Å². The molecule has 1 aromatic carbocycles. The number of rotatable bonds is 7. The second-order valence-corrected chi connectivity index (χ2v) is 5.41. The van der Waals surface area contributed by atoms with Gasteiger partial charge in [-0.05, 0) is 43.1 Å². The highest BCUT2D eigenvalue weighted by molar-refractivity contribution is 9.10. The Hall–Kier alpha value is -0.540. The van der Waals surface area contributed by atoms with Crippen LogP contribution in [0.1, 0.15) is 27.2 Å². The second-order valence-electron chi connectivity index (χ2n) is 4.50. The summed E-state index contributed by atoms with van der Waals surface area (Å²) in [5, 5.41) is 3.49. The first kappa shape index (κ1) is 14.5. The minimum absolute atomic E-state index is 0.537. The molecule has 0 aliphatic heterocycles. The van der Waals surface area contributed by atoms with Gasteiger partial charge < -0.3 is 10.1 Å². The molecule has 17 heavy (non-hydrogen) atoms. The van der Waals surface area contributed by atoms with Crippen LogP contribution in [0, 0.1) is 5.92 Å². The molecule has 96 valence electrons. The Bertz CT molecular complexity index is 311. The molecule has 1 rings (SSSR count). The third-order valence-electron chi connectivity index (χ3n) is 2.78. The van der Waals surface area contributed by atoms with Crippen LogP contribution in [0.15, 0.2) is 28.7 Å². The maximum atomic E-state index is 5.73. The van der Waals surface area contributed by atoms with Gasteiger partial charge in [0.05, 0.1) is 6.61 Å². The van der Waals surface area contributed by atoms with Gasteiger partial charge in [0.25, 0.3) is 0 Å². The van der Waals surface area contributed by atoms with Crippen LogP contribution in [0.5, 0.6) is 5.75 Å². The molecule has 0 saturated heterocycles. The zero-order valence-electron chi connectivity index (χ0n) is 10.9. The fraction of sp³-hybridized carbons (Fsp3) is 0.571. The normalized spacial score (nSPS) is 12.8. The van der Waals surface area contributed by atoms with Crippen molar-refractivity contribution in [2.24, 2.45) is 5.92 Å². The van der Waals surface area contributed by atoms with Crippen LogP contribution in [0.25, 0.3) is 0 Å². The van der Waals surface area contributed by atoms with Crippen LogP contribution < -0.4 is 10.1 Å². The lowest BCUT2D eigenvalue weighted by molar-refractivity contribution is 0.264. The smallest absolute Gasteiger partial charge is 0.119 e. The molecular formula is C14H22BrNO. The van der Waals surface area contributed by atoms with Gasteiger partial charge in [0.1, 0.15) is 5.75 Å². The monoisotopic (exact) mass is 299 g/mol. The number of ether oxygens (including phenoxy) is 1. The van der Waals surface area contributed by atoms with Crippen molar-refractivity contribution in [2.45, 2.75) is 33.2 Å². The van der Waals surface area contributed by atoms with Crippen molar-refractivity contribution in [1.82, 2.24) is 5.32 Å². The van der Waals surface area contributed by atoms with Crippen LogP contribution in [0.4, 0.5) is 0 Å². The van der Waals surface area contributed by atoms with Gasteiger partial charge >= 0.3 is 0 Å². The summed E-state index contributed by atoms with van der Waals surface area (Å²) in [6.07, 6.45) is 1.04. The molecule has 2 nitrogen and oxygen atoms in total. The van der Waals surface area contributed by atoms with Crippen molar-refractivity contribution in [3.63, 3.8) is 0 Å². The molecule has 0 radical (unpaired) electrons. The highest BCUT2D eigenvalue weighted by Gasteiger charge is 2.11. The molecule has 0 heterocycles. The Labute approximate surface area is 113 Å². The Kier molecular flexibility index (Phi) is 6.60.